The van der Waals surface area contributed by atoms with Crippen LogP contribution in [-0.4, -0.2) is 34.0 Å². The topological polar surface area (TPSA) is 77.8 Å². The predicted molar refractivity (Wildman–Crippen MR) is 89.7 cm³/mol. The molecule has 0 saturated heterocycles. The van der Waals surface area contributed by atoms with Gasteiger partial charge in [-0.3, -0.25) is 0 Å². The van der Waals surface area contributed by atoms with Crippen molar-refractivity contribution in [2.75, 3.05) is 6.61 Å². The van der Waals surface area contributed by atoms with Crippen molar-refractivity contribution in [1.29, 1.82) is 0 Å². The van der Waals surface area contributed by atoms with E-state index in [1.54, 1.807) is 13.0 Å². The lowest BCUT2D eigenvalue weighted by atomic mass is 9.58. The van der Waals surface area contributed by atoms with Gasteiger partial charge in [-0.25, -0.2) is 4.79 Å². The molecule has 0 aliphatic heterocycles. The third kappa shape index (κ3) is 3.75. The first-order chi connectivity index (χ1) is 10.9. The molecule has 2 rings (SSSR count). The zero-order chi connectivity index (χ0) is 17.1. The fraction of sp³-hybridized carbons (Fsp3) is 0.632. The van der Waals surface area contributed by atoms with Crippen molar-refractivity contribution in [1.82, 2.24) is 0 Å². The summed E-state index contributed by atoms with van der Waals surface area (Å²) in [5, 5.41) is 28.9. The Labute approximate surface area is 138 Å². The average Bonchev–Trinajstić information content (AvgIpc) is 2.52. The van der Waals surface area contributed by atoms with Crippen LogP contribution >= 0.6 is 0 Å². The third-order valence-corrected chi connectivity index (χ3v) is 5.66. The van der Waals surface area contributed by atoms with Crippen LogP contribution in [0.25, 0.3) is 0 Å². The molecule has 0 amide bonds. The van der Waals surface area contributed by atoms with Gasteiger partial charge in [0.25, 0.3) is 0 Å². The molecule has 4 heteroatoms. The van der Waals surface area contributed by atoms with Crippen LogP contribution in [0, 0.1) is 35.5 Å². The maximum Gasteiger partial charge on any atom is 0.331 e. The highest BCUT2D eigenvalue weighted by molar-refractivity contribution is 5.86. The molecule has 0 radical (unpaired) electrons. The van der Waals surface area contributed by atoms with Crippen molar-refractivity contribution in [2.45, 2.75) is 33.3 Å². The Morgan fingerprint density at radius 3 is 2.61 bits per heavy atom. The number of allylic oxidation sites excluding steroid dienone is 5. The van der Waals surface area contributed by atoms with Crippen LogP contribution in [0.1, 0.15) is 27.2 Å². The van der Waals surface area contributed by atoms with Gasteiger partial charge in [0.15, 0.2) is 0 Å². The second-order valence-electron chi connectivity index (χ2n) is 7.13. The molecule has 0 aromatic carbocycles. The van der Waals surface area contributed by atoms with E-state index >= 15 is 0 Å². The maximum atomic E-state index is 10.9. The molecule has 128 valence electrons. The van der Waals surface area contributed by atoms with Crippen molar-refractivity contribution in [3.63, 3.8) is 0 Å². The van der Waals surface area contributed by atoms with Gasteiger partial charge in [0.05, 0.1) is 6.10 Å². The molecule has 1 fully saturated rings. The van der Waals surface area contributed by atoms with Crippen molar-refractivity contribution in [3.05, 3.63) is 36.0 Å². The zero-order valence-electron chi connectivity index (χ0n) is 14.1. The van der Waals surface area contributed by atoms with Crippen molar-refractivity contribution in [2.24, 2.45) is 35.5 Å². The quantitative estimate of drug-likeness (QED) is 0.423. The summed E-state index contributed by atoms with van der Waals surface area (Å²) in [6.07, 6.45) is 10.3. The van der Waals surface area contributed by atoms with Crippen LogP contribution in [0.2, 0.25) is 0 Å². The summed E-state index contributed by atoms with van der Waals surface area (Å²) in [5.74, 6) is 0.457. The minimum Gasteiger partial charge on any atom is -0.478 e. The fourth-order valence-corrected chi connectivity index (χ4v) is 4.22. The lowest BCUT2D eigenvalue weighted by Gasteiger charge is -2.48. The van der Waals surface area contributed by atoms with E-state index in [2.05, 4.69) is 32.1 Å². The second kappa shape index (κ2) is 7.45. The average molecular weight is 320 g/mol. The largest absolute Gasteiger partial charge is 0.478 e. The van der Waals surface area contributed by atoms with Gasteiger partial charge in [0, 0.05) is 18.1 Å². The number of fused-ring (bicyclic) bond motifs is 1. The highest BCUT2D eigenvalue weighted by atomic mass is 16.4. The van der Waals surface area contributed by atoms with E-state index in [9.17, 15) is 15.0 Å². The number of aliphatic carboxylic acids is 1. The molecule has 7 atom stereocenters. The minimum absolute atomic E-state index is 0.0270. The minimum atomic E-state index is -0.906. The molecule has 0 spiro atoms. The van der Waals surface area contributed by atoms with Gasteiger partial charge >= 0.3 is 5.97 Å². The van der Waals surface area contributed by atoms with Gasteiger partial charge in [0.1, 0.15) is 0 Å². The fourth-order valence-electron chi connectivity index (χ4n) is 4.22. The van der Waals surface area contributed by atoms with E-state index in [1.165, 1.54) is 0 Å². The highest BCUT2D eigenvalue weighted by Crippen LogP contribution is 2.48. The molecule has 4 nitrogen and oxygen atoms in total. The van der Waals surface area contributed by atoms with E-state index in [4.69, 9.17) is 5.11 Å². The lowest BCUT2D eigenvalue weighted by molar-refractivity contribution is -0.132. The summed E-state index contributed by atoms with van der Waals surface area (Å²) in [5.41, 5.74) is 0.314. The summed E-state index contributed by atoms with van der Waals surface area (Å²) in [4.78, 5) is 10.9. The number of carboxylic acid groups (broad SMARTS) is 1. The first-order valence-corrected chi connectivity index (χ1v) is 8.42. The number of carboxylic acids is 1. The molecule has 2 aliphatic carbocycles. The van der Waals surface area contributed by atoms with Crippen LogP contribution in [-0.2, 0) is 4.79 Å². The van der Waals surface area contributed by atoms with Gasteiger partial charge in [-0.2, -0.15) is 0 Å². The maximum absolute atomic E-state index is 10.9. The molecule has 7 unspecified atom stereocenters. The summed E-state index contributed by atoms with van der Waals surface area (Å²) in [6.45, 7) is 5.83. The summed E-state index contributed by atoms with van der Waals surface area (Å²) in [7, 11) is 0. The first kappa shape index (κ1) is 18.0. The van der Waals surface area contributed by atoms with Crippen LogP contribution < -0.4 is 0 Å². The Morgan fingerprint density at radius 2 is 2.00 bits per heavy atom. The number of rotatable bonds is 4. The van der Waals surface area contributed by atoms with E-state index < -0.39 is 12.1 Å². The molecule has 0 aromatic heterocycles. The third-order valence-electron chi connectivity index (χ3n) is 5.66. The van der Waals surface area contributed by atoms with Gasteiger partial charge in [-0.15, -0.1) is 0 Å². The Morgan fingerprint density at radius 1 is 1.30 bits per heavy atom. The molecule has 0 aromatic rings. The van der Waals surface area contributed by atoms with E-state index in [-0.39, 0.29) is 24.4 Å². The SMILES string of the molecule is CC(=CC=CC1C(C)C=CC2CC(CO)C(O)C(C)C21)C(=O)O. The molecule has 1 saturated carbocycles. The molecule has 2 aliphatic rings. The molecule has 0 bridgehead atoms. The molecular formula is C19H28O4. The summed E-state index contributed by atoms with van der Waals surface area (Å²) < 4.78 is 0. The van der Waals surface area contributed by atoms with E-state index in [0.29, 0.717) is 23.3 Å². The van der Waals surface area contributed by atoms with Crippen LogP contribution in [0.3, 0.4) is 0 Å². The highest BCUT2D eigenvalue weighted by Gasteiger charge is 2.45. The number of hydrogen-bond donors (Lipinski definition) is 3. The first-order valence-electron chi connectivity index (χ1n) is 8.42. The Hall–Kier alpha value is -1.39. The number of carbonyl (C=O) groups is 1. The van der Waals surface area contributed by atoms with E-state index in [1.807, 2.05) is 6.08 Å². The zero-order valence-corrected chi connectivity index (χ0v) is 14.1. The Kier molecular flexibility index (Phi) is 5.82. The lowest BCUT2D eigenvalue weighted by Crippen LogP contribution is -2.48. The number of aliphatic hydroxyl groups is 2. The van der Waals surface area contributed by atoms with Crippen molar-refractivity contribution >= 4 is 5.97 Å². The molecule has 23 heavy (non-hydrogen) atoms. The Balaban J connectivity index is 2.22. The molecular weight excluding hydrogens is 292 g/mol. The van der Waals surface area contributed by atoms with Crippen LogP contribution in [0.4, 0.5) is 0 Å². The second-order valence-corrected chi connectivity index (χ2v) is 7.13. The van der Waals surface area contributed by atoms with Gasteiger partial charge in [-0.1, -0.05) is 44.2 Å². The Bertz CT molecular complexity index is 519. The smallest absolute Gasteiger partial charge is 0.331 e. The summed E-state index contributed by atoms with van der Waals surface area (Å²) >= 11 is 0. The van der Waals surface area contributed by atoms with Crippen LogP contribution in [0.5, 0.6) is 0 Å². The summed E-state index contributed by atoms with van der Waals surface area (Å²) in [6, 6.07) is 0. The number of hydrogen-bond acceptors (Lipinski definition) is 3. The standard InChI is InChI=1S/C19H28O4/c1-11-7-8-14-9-15(10-20)18(21)13(3)17(14)16(11)6-4-5-12(2)19(22)23/h4-8,11,13-18,20-21H,9-10H2,1-3H3,(H,22,23). The van der Waals surface area contributed by atoms with Crippen molar-refractivity contribution in [3.8, 4) is 0 Å². The van der Waals surface area contributed by atoms with Crippen LogP contribution in [0.15, 0.2) is 36.0 Å². The van der Waals surface area contributed by atoms with Gasteiger partial charge in [-0.05, 0) is 42.9 Å². The van der Waals surface area contributed by atoms with Gasteiger partial charge in [0.2, 0.25) is 0 Å². The monoisotopic (exact) mass is 320 g/mol. The van der Waals surface area contributed by atoms with Gasteiger partial charge < -0.3 is 15.3 Å². The predicted octanol–water partition coefficient (Wildman–Crippen LogP) is 2.64. The van der Waals surface area contributed by atoms with E-state index in [0.717, 1.165) is 6.42 Å². The normalized spacial score (nSPS) is 41.1. The molecule has 0 heterocycles. The van der Waals surface area contributed by atoms with Crippen molar-refractivity contribution < 1.29 is 20.1 Å². The number of aliphatic hydroxyl groups excluding tert-OH is 2. The molecule has 3 N–H and O–H groups in total.